The van der Waals surface area contributed by atoms with Gasteiger partial charge in [-0.1, -0.05) is 35.9 Å². The number of aryl methyl sites for hydroxylation is 2. The Morgan fingerprint density at radius 1 is 1.00 bits per heavy atom. The first-order chi connectivity index (χ1) is 10.2. The number of hydrogen-bond acceptors (Lipinski definition) is 3. The lowest BCUT2D eigenvalue weighted by molar-refractivity contribution is 0.171. The molecule has 0 spiro atoms. The molecule has 3 heteroatoms. The van der Waals surface area contributed by atoms with Crippen LogP contribution in [0.15, 0.2) is 42.5 Å². The summed E-state index contributed by atoms with van der Waals surface area (Å²) in [7, 11) is 0. The van der Waals surface area contributed by atoms with E-state index in [1.807, 2.05) is 18.2 Å². The van der Waals surface area contributed by atoms with Crippen LogP contribution in [0.3, 0.4) is 0 Å². The Bertz CT molecular complexity index is 607. The summed E-state index contributed by atoms with van der Waals surface area (Å²) in [6.07, 6.45) is 1.90. The molecule has 0 fully saturated rings. The zero-order valence-corrected chi connectivity index (χ0v) is 12.3. The highest BCUT2D eigenvalue weighted by Crippen LogP contribution is 2.33. The predicted octanol–water partition coefficient (Wildman–Crippen LogP) is 3.40. The molecule has 1 atom stereocenters. The Morgan fingerprint density at radius 2 is 1.71 bits per heavy atom. The molecule has 0 amide bonds. The van der Waals surface area contributed by atoms with Crippen molar-refractivity contribution in [2.75, 3.05) is 13.2 Å². The average Bonchev–Trinajstić information content (AvgIpc) is 2.53. The van der Waals surface area contributed by atoms with E-state index >= 15 is 0 Å². The molecule has 2 aromatic carbocycles. The van der Waals surface area contributed by atoms with Gasteiger partial charge in [-0.3, -0.25) is 0 Å². The summed E-state index contributed by atoms with van der Waals surface area (Å²) in [5.74, 6) is 1.63. The van der Waals surface area contributed by atoms with Crippen LogP contribution in [0.1, 0.15) is 29.2 Å². The van der Waals surface area contributed by atoms with Gasteiger partial charge in [-0.15, -0.1) is 0 Å². The molecule has 3 rings (SSSR count). The van der Waals surface area contributed by atoms with Gasteiger partial charge in [0.05, 0.1) is 0 Å². The topological polar surface area (TPSA) is 44.5 Å². The van der Waals surface area contributed by atoms with Crippen molar-refractivity contribution in [3.8, 4) is 11.5 Å². The van der Waals surface area contributed by atoms with Gasteiger partial charge in [0.25, 0.3) is 0 Å². The molecule has 0 radical (unpaired) electrons. The molecule has 0 bridgehead atoms. The molecule has 1 heterocycles. The van der Waals surface area contributed by atoms with Crippen LogP contribution in [0.5, 0.6) is 11.5 Å². The molecule has 3 nitrogen and oxygen atoms in total. The third kappa shape index (κ3) is 3.37. The Labute approximate surface area is 125 Å². The zero-order valence-electron chi connectivity index (χ0n) is 12.3. The van der Waals surface area contributed by atoms with E-state index in [9.17, 15) is 0 Å². The van der Waals surface area contributed by atoms with Gasteiger partial charge in [-0.05, 0) is 43.0 Å². The molecule has 21 heavy (non-hydrogen) atoms. The molecular weight excluding hydrogens is 262 g/mol. The Kier molecular flexibility index (Phi) is 4.11. The average molecular weight is 283 g/mol. The van der Waals surface area contributed by atoms with Gasteiger partial charge in [0.15, 0.2) is 11.5 Å². The van der Waals surface area contributed by atoms with Gasteiger partial charge in [0.1, 0.15) is 13.2 Å². The van der Waals surface area contributed by atoms with Gasteiger partial charge in [0.2, 0.25) is 0 Å². The smallest absolute Gasteiger partial charge is 0.161 e. The zero-order chi connectivity index (χ0) is 14.7. The van der Waals surface area contributed by atoms with Crippen molar-refractivity contribution in [1.29, 1.82) is 0 Å². The third-order valence-electron chi connectivity index (χ3n) is 3.86. The van der Waals surface area contributed by atoms with Crippen molar-refractivity contribution >= 4 is 0 Å². The van der Waals surface area contributed by atoms with E-state index < -0.39 is 0 Å². The highest BCUT2D eigenvalue weighted by atomic mass is 16.6. The van der Waals surface area contributed by atoms with Gasteiger partial charge < -0.3 is 15.2 Å². The first-order valence-electron chi connectivity index (χ1n) is 7.43. The maximum Gasteiger partial charge on any atom is 0.161 e. The second-order valence-electron chi connectivity index (χ2n) is 5.53. The quantitative estimate of drug-likeness (QED) is 0.935. The van der Waals surface area contributed by atoms with E-state index in [1.54, 1.807) is 0 Å². The number of nitrogens with two attached hydrogens (primary N) is 1. The van der Waals surface area contributed by atoms with Crippen molar-refractivity contribution in [1.82, 2.24) is 0 Å². The second-order valence-corrected chi connectivity index (χ2v) is 5.53. The maximum absolute atomic E-state index is 6.31. The van der Waals surface area contributed by atoms with Gasteiger partial charge >= 0.3 is 0 Å². The van der Waals surface area contributed by atoms with Gasteiger partial charge in [0, 0.05) is 6.04 Å². The normalized spacial score (nSPS) is 14.8. The summed E-state index contributed by atoms with van der Waals surface area (Å²) in [6, 6.07) is 14.6. The summed E-state index contributed by atoms with van der Waals surface area (Å²) >= 11 is 0. The van der Waals surface area contributed by atoms with Crippen LogP contribution < -0.4 is 15.2 Å². The molecular formula is C18H21NO2. The Balaban J connectivity index is 1.65. The van der Waals surface area contributed by atoms with E-state index in [2.05, 4.69) is 31.2 Å². The first-order valence-corrected chi connectivity index (χ1v) is 7.43. The minimum atomic E-state index is 0.0159. The van der Waals surface area contributed by atoms with E-state index in [0.717, 1.165) is 29.9 Å². The molecule has 1 aliphatic rings. The van der Waals surface area contributed by atoms with Crippen molar-refractivity contribution in [2.45, 2.75) is 25.8 Å². The highest BCUT2D eigenvalue weighted by Gasteiger charge is 2.14. The van der Waals surface area contributed by atoms with Gasteiger partial charge in [-0.25, -0.2) is 0 Å². The van der Waals surface area contributed by atoms with E-state index in [-0.39, 0.29) is 6.04 Å². The summed E-state index contributed by atoms with van der Waals surface area (Å²) in [6.45, 7) is 3.32. The molecule has 2 aromatic rings. The fraction of sp³-hybridized carbons (Fsp3) is 0.333. The van der Waals surface area contributed by atoms with Crippen LogP contribution in [0.2, 0.25) is 0 Å². The number of benzene rings is 2. The summed E-state index contributed by atoms with van der Waals surface area (Å²) in [4.78, 5) is 0. The van der Waals surface area contributed by atoms with E-state index in [0.29, 0.717) is 13.2 Å². The maximum atomic E-state index is 6.31. The van der Waals surface area contributed by atoms with Crippen LogP contribution in [0.4, 0.5) is 0 Å². The van der Waals surface area contributed by atoms with Crippen LogP contribution in [-0.4, -0.2) is 13.2 Å². The van der Waals surface area contributed by atoms with Crippen molar-refractivity contribution in [3.05, 3.63) is 59.2 Å². The molecule has 1 unspecified atom stereocenters. The lowest BCUT2D eigenvalue weighted by Crippen LogP contribution is -2.17. The van der Waals surface area contributed by atoms with Crippen LogP contribution in [-0.2, 0) is 6.42 Å². The molecule has 110 valence electrons. The molecule has 2 N–H and O–H groups in total. The number of hydrogen-bond donors (Lipinski definition) is 1. The van der Waals surface area contributed by atoms with Gasteiger partial charge in [-0.2, -0.15) is 0 Å². The monoisotopic (exact) mass is 283 g/mol. The van der Waals surface area contributed by atoms with Crippen molar-refractivity contribution in [3.63, 3.8) is 0 Å². The number of ether oxygens (including phenoxy) is 2. The van der Waals surface area contributed by atoms with Crippen molar-refractivity contribution < 1.29 is 9.47 Å². The Morgan fingerprint density at radius 3 is 2.48 bits per heavy atom. The molecule has 0 saturated heterocycles. The summed E-state index contributed by atoms with van der Waals surface area (Å²) in [5.41, 5.74) is 10.0. The fourth-order valence-electron chi connectivity index (χ4n) is 2.53. The molecule has 0 aromatic heterocycles. The third-order valence-corrected chi connectivity index (χ3v) is 3.86. The van der Waals surface area contributed by atoms with Crippen LogP contribution in [0.25, 0.3) is 0 Å². The molecule has 0 aliphatic carbocycles. The first kappa shape index (κ1) is 14.0. The van der Waals surface area contributed by atoms with E-state index in [1.165, 1.54) is 11.1 Å². The predicted molar refractivity (Wildman–Crippen MR) is 83.9 cm³/mol. The SMILES string of the molecule is Cc1ccc(CCC(N)c2ccc3c(c2)OCCO3)cc1. The van der Waals surface area contributed by atoms with Crippen molar-refractivity contribution in [2.24, 2.45) is 5.73 Å². The number of rotatable bonds is 4. The second kappa shape index (κ2) is 6.19. The minimum Gasteiger partial charge on any atom is -0.486 e. The fourth-order valence-corrected chi connectivity index (χ4v) is 2.53. The lowest BCUT2D eigenvalue weighted by atomic mass is 9.99. The summed E-state index contributed by atoms with van der Waals surface area (Å²) < 4.78 is 11.1. The minimum absolute atomic E-state index is 0.0159. The van der Waals surface area contributed by atoms with E-state index in [4.69, 9.17) is 15.2 Å². The standard InChI is InChI=1S/C18H21NO2/c1-13-2-4-14(5-3-13)6-8-16(19)15-7-9-17-18(12-15)21-11-10-20-17/h2-5,7,9,12,16H,6,8,10-11,19H2,1H3. The Hall–Kier alpha value is -2.00. The summed E-state index contributed by atoms with van der Waals surface area (Å²) in [5, 5.41) is 0. The number of fused-ring (bicyclic) bond motifs is 1. The largest absolute Gasteiger partial charge is 0.486 e. The highest BCUT2D eigenvalue weighted by molar-refractivity contribution is 5.44. The molecule has 1 aliphatic heterocycles. The lowest BCUT2D eigenvalue weighted by Gasteiger charge is -2.20. The van der Waals surface area contributed by atoms with Crippen LogP contribution >= 0.6 is 0 Å². The molecule has 0 saturated carbocycles. The van der Waals surface area contributed by atoms with Crippen LogP contribution in [0, 0.1) is 6.92 Å².